The molecule has 2 heterocycles. The summed E-state index contributed by atoms with van der Waals surface area (Å²) in [5.74, 6) is 0.869. The van der Waals surface area contributed by atoms with Gasteiger partial charge < -0.3 is 14.0 Å². The van der Waals surface area contributed by atoms with Crippen molar-refractivity contribution in [2.24, 2.45) is 0 Å². The first-order chi connectivity index (χ1) is 12.7. The summed E-state index contributed by atoms with van der Waals surface area (Å²) in [6.45, 7) is 12.0. The average molecular weight is 387 g/mol. The summed E-state index contributed by atoms with van der Waals surface area (Å²) in [6, 6.07) is 7.84. The molecule has 0 unspecified atom stereocenters. The Kier molecular flexibility index (Phi) is 5.67. The predicted molar refractivity (Wildman–Crippen MR) is 110 cm³/mol. The zero-order chi connectivity index (χ0) is 19.6. The van der Waals surface area contributed by atoms with Crippen LogP contribution in [-0.4, -0.2) is 24.2 Å². The van der Waals surface area contributed by atoms with Crippen molar-refractivity contribution in [3.05, 3.63) is 53.6 Å². The fourth-order valence-corrected chi connectivity index (χ4v) is 3.63. The van der Waals surface area contributed by atoms with Gasteiger partial charge in [-0.05, 0) is 43.2 Å². The van der Waals surface area contributed by atoms with Crippen molar-refractivity contribution < 1.29 is 13.9 Å². The zero-order valence-corrected chi connectivity index (χ0v) is 17.7. The maximum absolute atomic E-state index is 13.8. The van der Waals surface area contributed by atoms with Crippen molar-refractivity contribution in [3.63, 3.8) is 0 Å². The van der Waals surface area contributed by atoms with E-state index in [1.165, 1.54) is 6.07 Å². The van der Waals surface area contributed by atoms with Crippen molar-refractivity contribution in [1.82, 2.24) is 9.55 Å². The summed E-state index contributed by atoms with van der Waals surface area (Å²) in [7, 11) is -1.11. The Balaban J connectivity index is 1.81. The van der Waals surface area contributed by atoms with Crippen molar-refractivity contribution in [3.8, 4) is 11.5 Å². The van der Waals surface area contributed by atoms with Crippen molar-refractivity contribution in [2.75, 3.05) is 6.61 Å². The van der Waals surface area contributed by atoms with Gasteiger partial charge in [0.2, 0.25) is 0 Å². The maximum atomic E-state index is 13.8. The van der Waals surface area contributed by atoms with Crippen molar-refractivity contribution >= 4 is 19.1 Å². The number of hydrogen-bond donors (Lipinski definition) is 0. The van der Waals surface area contributed by atoms with Gasteiger partial charge in [-0.25, -0.2) is 9.37 Å². The minimum Gasteiger partial charge on any atom is -0.456 e. The first-order valence-electron chi connectivity index (χ1n) is 9.21. The highest BCUT2D eigenvalue weighted by Gasteiger charge is 2.15. The molecule has 144 valence electrons. The quantitative estimate of drug-likeness (QED) is 0.375. The molecule has 3 rings (SSSR count). The molecule has 0 spiro atoms. The molecule has 0 aliphatic heterocycles. The third-order valence-electron chi connectivity index (χ3n) is 4.51. The molecule has 6 heteroatoms. The van der Waals surface area contributed by atoms with Gasteiger partial charge in [-0.2, -0.15) is 0 Å². The van der Waals surface area contributed by atoms with Gasteiger partial charge in [0.1, 0.15) is 29.7 Å². The molecule has 0 aliphatic carbocycles. The van der Waals surface area contributed by atoms with Crippen LogP contribution < -0.4 is 4.74 Å². The molecule has 27 heavy (non-hydrogen) atoms. The number of aryl methyl sites for hydroxylation is 2. The second-order valence-electron chi connectivity index (χ2n) is 8.15. The van der Waals surface area contributed by atoms with Crippen LogP contribution in [-0.2, 0) is 11.5 Å². The predicted octanol–water partition coefficient (Wildman–Crippen LogP) is 5.90. The van der Waals surface area contributed by atoms with E-state index in [9.17, 15) is 4.39 Å². The van der Waals surface area contributed by atoms with E-state index in [0.717, 1.165) is 29.2 Å². The van der Waals surface area contributed by atoms with Crippen molar-refractivity contribution in [2.45, 2.75) is 46.3 Å². The van der Waals surface area contributed by atoms with E-state index in [-0.39, 0.29) is 5.82 Å². The Labute approximate surface area is 161 Å². The molecule has 0 N–H and O–H groups in total. The Morgan fingerprint density at radius 3 is 2.59 bits per heavy atom. The van der Waals surface area contributed by atoms with Crippen LogP contribution in [0, 0.1) is 19.7 Å². The molecular formula is C21H27FN2O2Si. The molecule has 0 saturated carbocycles. The van der Waals surface area contributed by atoms with Crippen LogP contribution in [0.2, 0.25) is 25.7 Å². The first kappa shape index (κ1) is 19.6. The van der Waals surface area contributed by atoms with E-state index in [4.69, 9.17) is 9.47 Å². The summed E-state index contributed by atoms with van der Waals surface area (Å²) in [6.07, 6.45) is 3.73. The van der Waals surface area contributed by atoms with Crippen LogP contribution in [0.3, 0.4) is 0 Å². The second-order valence-corrected chi connectivity index (χ2v) is 13.8. The highest BCUT2D eigenvalue weighted by atomic mass is 28.3. The summed E-state index contributed by atoms with van der Waals surface area (Å²) in [5.41, 5.74) is 2.46. The lowest BCUT2D eigenvalue weighted by molar-refractivity contribution is 0.0898. The standard InChI is InChI=1S/C21H27FN2O2Si/c1-15-6-7-17(12-18(15)22)26-19-8-9-23-21-20(19)16(2)13-24(21)14-25-10-11-27(3,4)5/h6-9,12-13H,10-11,14H2,1-5H3. The summed E-state index contributed by atoms with van der Waals surface area (Å²) in [4.78, 5) is 4.50. The smallest absolute Gasteiger partial charge is 0.145 e. The molecule has 4 nitrogen and oxygen atoms in total. The molecule has 0 atom stereocenters. The molecule has 0 aliphatic rings. The van der Waals surface area contributed by atoms with E-state index < -0.39 is 8.07 Å². The van der Waals surface area contributed by atoms with Gasteiger partial charge >= 0.3 is 0 Å². The topological polar surface area (TPSA) is 36.3 Å². The van der Waals surface area contributed by atoms with Crippen LogP contribution in [0.5, 0.6) is 11.5 Å². The highest BCUT2D eigenvalue weighted by molar-refractivity contribution is 6.76. The summed E-state index contributed by atoms with van der Waals surface area (Å²) < 4.78 is 27.7. The first-order valence-corrected chi connectivity index (χ1v) is 12.9. The monoisotopic (exact) mass is 386 g/mol. The van der Waals surface area contributed by atoms with E-state index in [1.807, 2.05) is 23.8 Å². The zero-order valence-electron chi connectivity index (χ0n) is 16.7. The fourth-order valence-electron chi connectivity index (χ4n) is 2.87. The third kappa shape index (κ3) is 4.76. The number of aromatic nitrogens is 2. The van der Waals surface area contributed by atoms with E-state index in [0.29, 0.717) is 23.8 Å². The molecule has 3 aromatic rings. The molecule has 0 saturated heterocycles. The Morgan fingerprint density at radius 2 is 1.89 bits per heavy atom. The number of pyridine rings is 1. The highest BCUT2D eigenvalue weighted by Crippen LogP contribution is 2.32. The minimum absolute atomic E-state index is 0.275. The summed E-state index contributed by atoms with van der Waals surface area (Å²) in [5, 5.41) is 0.923. The molecular weight excluding hydrogens is 359 g/mol. The molecule has 1 aromatic carbocycles. The number of halogens is 1. The van der Waals surface area contributed by atoms with E-state index in [1.54, 1.807) is 25.3 Å². The second kappa shape index (κ2) is 7.82. The SMILES string of the molecule is Cc1ccc(Oc2ccnc3c2c(C)cn3COCC[Si](C)(C)C)cc1F. The van der Waals surface area contributed by atoms with Crippen LogP contribution in [0.1, 0.15) is 11.1 Å². The largest absolute Gasteiger partial charge is 0.456 e. The van der Waals surface area contributed by atoms with Gasteiger partial charge in [0.15, 0.2) is 0 Å². The maximum Gasteiger partial charge on any atom is 0.145 e. The van der Waals surface area contributed by atoms with Crippen LogP contribution in [0.4, 0.5) is 4.39 Å². The van der Waals surface area contributed by atoms with Gasteiger partial charge in [0.25, 0.3) is 0 Å². The van der Waals surface area contributed by atoms with Gasteiger partial charge in [-0.3, -0.25) is 0 Å². The number of ether oxygens (including phenoxy) is 2. The Morgan fingerprint density at radius 1 is 1.11 bits per heavy atom. The average Bonchev–Trinajstić information content (AvgIpc) is 2.91. The lowest BCUT2D eigenvalue weighted by Gasteiger charge is -2.15. The van der Waals surface area contributed by atoms with Gasteiger partial charge in [0.05, 0.1) is 5.39 Å². The minimum atomic E-state index is -1.11. The van der Waals surface area contributed by atoms with E-state index in [2.05, 4.69) is 24.6 Å². The van der Waals surface area contributed by atoms with Crippen LogP contribution in [0.15, 0.2) is 36.7 Å². The lowest BCUT2D eigenvalue weighted by atomic mass is 10.2. The normalized spacial score (nSPS) is 11.9. The Hall–Kier alpha value is -2.18. The molecule has 0 bridgehead atoms. The van der Waals surface area contributed by atoms with Crippen molar-refractivity contribution in [1.29, 1.82) is 0 Å². The van der Waals surface area contributed by atoms with Gasteiger partial charge in [-0.15, -0.1) is 0 Å². The Bertz CT molecular complexity index is 947. The number of rotatable bonds is 7. The number of hydrogen-bond acceptors (Lipinski definition) is 3. The lowest BCUT2D eigenvalue weighted by Crippen LogP contribution is -2.22. The van der Waals surface area contributed by atoms with E-state index >= 15 is 0 Å². The number of fused-ring (bicyclic) bond motifs is 1. The number of nitrogens with zero attached hydrogens (tertiary/aromatic N) is 2. The number of benzene rings is 1. The molecule has 0 radical (unpaired) electrons. The fraction of sp³-hybridized carbons (Fsp3) is 0.381. The summed E-state index contributed by atoms with van der Waals surface area (Å²) >= 11 is 0. The molecule has 2 aromatic heterocycles. The van der Waals surface area contributed by atoms with Crippen LogP contribution >= 0.6 is 0 Å². The molecule has 0 amide bonds. The molecule has 0 fully saturated rings. The van der Waals surface area contributed by atoms with Crippen LogP contribution in [0.25, 0.3) is 11.0 Å². The van der Waals surface area contributed by atoms with Gasteiger partial charge in [0, 0.05) is 33.1 Å². The van der Waals surface area contributed by atoms with Gasteiger partial charge in [-0.1, -0.05) is 25.7 Å². The third-order valence-corrected chi connectivity index (χ3v) is 6.21.